The van der Waals surface area contributed by atoms with Crippen molar-refractivity contribution in [3.05, 3.63) is 45.9 Å². The van der Waals surface area contributed by atoms with Crippen LogP contribution in [0, 0.1) is 6.92 Å². The first-order chi connectivity index (χ1) is 7.78. The number of benzene rings is 1. The van der Waals surface area contributed by atoms with E-state index in [1.807, 2.05) is 17.1 Å². The van der Waals surface area contributed by atoms with E-state index < -0.39 is 0 Å². The number of thiazole rings is 1. The summed E-state index contributed by atoms with van der Waals surface area (Å²) < 4.78 is 0. The van der Waals surface area contributed by atoms with Crippen LogP contribution in [-0.4, -0.2) is 4.98 Å². The quantitative estimate of drug-likeness (QED) is 0.599. The Balaban J connectivity index is 1.94. The van der Waals surface area contributed by atoms with Gasteiger partial charge in [0.05, 0.1) is 17.3 Å². The third-order valence-corrected chi connectivity index (χ3v) is 4.50. The normalized spacial score (nSPS) is 10.6. The minimum Gasteiger partial charge on any atom is -0.244 e. The monoisotopic (exact) mass is 269 g/mol. The maximum atomic E-state index is 5.71. The van der Waals surface area contributed by atoms with Gasteiger partial charge in [-0.3, -0.25) is 0 Å². The SMILES string of the molecule is Cc1ccc(SCc2nc(CCl)cs2)cc1. The number of thioether (sulfide) groups is 1. The van der Waals surface area contributed by atoms with E-state index >= 15 is 0 Å². The van der Waals surface area contributed by atoms with Gasteiger partial charge in [-0.15, -0.1) is 34.7 Å². The second kappa shape index (κ2) is 5.71. The summed E-state index contributed by atoms with van der Waals surface area (Å²) in [4.78, 5) is 5.71. The lowest BCUT2D eigenvalue weighted by Gasteiger charge is -1.99. The molecule has 0 N–H and O–H groups in total. The molecule has 4 heteroatoms. The van der Waals surface area contributed by atoms with Crippen LogP contribution in [0.15, 0.2) is 34.5 Å². The molecular formula is C12H12ClNS2. The molecule has 1 aromatic heterocycles. The zero-order chi connectivity index (χ0) is 11.4. The Morgan fingerprint density at radius 1 is 1.31 bits per heavy atom. The molecule has 0 saturated carbocycles. The summed E-state index contributed by atoms with van der Waals surface area (Å²) in [5, 5.41) is 3.17. The van der Waals surface area contributed by atoms with Crippen molar-refractivity contribution in [2.75, 3.05) is 0 Å². The highest BCUT2D eigenvalue weighted by molar-refractivity contribution is 7.98. The molecule has 16 heavy (non-hydrogen) atoms. The van der Waals surface area contributed by atoms with Crippen molar-refractivity contribution >= 4 is 34.7 Å². The van der Waals surface area contributed by atoms with Crippen molar-refractivity contribution < 1.29 is 0 Å². The molecule has 2 aromatic rings. The summed E-state index contributed by atoms with van der Waals surface area (Å²) >= 11 is 9.20. The first kappa shape index (κ1) is 12.0. The van der Waals surface area contributed by atoms with E-state index in [-0.39, 0.29) is 0 Å². The number of hydrogen-bond acceptors (Lipinski definition) is 3. The van der Waals surface area contributed by atoms with E-state index in [0.29, 0.717) is 5.88 Å². The molecule has 0 unspecified atom stereocenters. The fourth-order valence-electron chi connectivity index (χ4n) is 1.26. The van der Waals surface area contributed by atoms with Crippen molar-refractivity contribution in [1.29, 1.82) is 0 Å². The fraction of sp³-hybridized carbons (Fsp3) is 0.250. The zero-order valence-corrected chi connectivity index (χ0v) is 11.3. The molecule has 1 heterocycles. The first-order valence-electron chi connectivity index (χ1n) is 4.96. The Hall–Kier alpha value is -0.510. The van der Waals surface area contributed by atoms with Crippen molar-refractivity contribution in [2.24, 2.45) is 0 Å². The standard InChI is InChI=1S/C12H12ClNS2/c1-9-2-4-11(5-3-9)15-8-12-14-10(6-13)7-16-12/h2-5,7H,6,8H2,1H3. The molecular weight excluding hydrogens is 258 g/mol. The minimum absolute atomic E-state index is 0.506. The predicted molar refractivity (Wildman–Crippen MR) is 72.4 cm³/mol. The number of hydrogen-bond donors (Lipinski definition) is 0. The Kier molecular flexibility index (Phi) is 4.27. The van der Waals surface area contributed by atoms with Gasteiger partial charge in [0, 0.05) is 10.3 Å². The molecule has 0 fully saturated rings. The number of rotatable bonds is 4. The summed E-state index contributed by atoms with van der Waals surface area (Å²) in [5.41, 5.74) is 2.27. The van der Waals surface area contributed by atoms with E-state index in [0.717, 1.165) is 16.5 Å². The molecule has 1 aromatic carbocycles. The minimum atomic E-state index is 0.506. The third kappa shape index (κ3) is 3.24. The lowest BCUT2D eigenvalue weighted by molar-refractivity contribution is 1.16. The second-order valence-corrected chi connectivity index (χ2v) is 5.73. The van der Waals surface area contributed by atoms with Crippen LogP contribution >= 0.6 is 34.7 Å². The van der Waals surface area contributed by atoms with E-state index in [9.17, 15) is 0 Å². The topological polar surface area (TPSA) is 12.9 Å². The number of nitrogens with zero attached hydrogens (tertiary/aromatic N) is 1. The molecule has 0 spiro atoms. The van der Waals surface area contributed by atoms with Crippen LogP contribution in [0.3, 0.4) is 0 Å². The van der Waals surface area contributed by atoms with Gasteiger partial charge in [-0.2, -0.15) is 0 Å². The molecule has 0 atom stereocenters. The molecule has 0 radical (unpaired) electrons. The molecule has 0 aliphatic carbocycles. The highest BCUT2D eigenvalue weighted by Gasteiger charge is 2.02. The summed E-state index contributed by atoms with van der Waals surface area (Å²) in [5.74, 6) is 1.43. The third-order valence-electron chi connectivity index (χ3n) is 2.12. The molecule has 2 rings (SSSR count). The average Bonchev–Trinajstić information content (AvgIpc) is 2.76. The predicted octanol–water partition coefficient (Wildman–Crippen LogP) is 4.48. The van der Waals surface area contributed by atoms with Gasteiger partial charge >= 0.3 is 0 Å². The molecule has 0 aliphatic rings. The first-order valence-corrected chi connectivity index (χ1v) is 7.36. The van der Waals surface area contributed by atoms with E-state index in [4.69, 9.17) is 11.6 Å². The van der Waals surface area contributed by atoms with Crippen LogP contribution in [0.25, 0.3) is 0 Å². The lowest BCUT2D eigenvalue weighted by Crippen LogP contribution is -1.81. The molecule has 1 nitrogen and oxygen atoms in total. The largest absolute Gasteiger partial charge is 0.244 e. The van der Waals surface area contributed by atoms with E-state index in [1.165, 1.54) is 10.5 Å². The molecule has 84 valence electrons. The maximum Gasteiger partial charge on any atom is 0.103 e. The van der Waals surface area contributed by atoms with E-state index in [2.05, 4.69) is 36.2 Å². The Morgan fingerprint density at radius 2 is 2.06 bits per heavy atom. The van der Waals surface area contributed by atoms with Crippen LogP contribution in [0.2, 0.25) is 0 Å². The highest BCUT2D eigenvalue weighted by Crippen LogP contribution is 2.24. The summed E-state index contributed by atoms with van der Waals surface area (Å²) in [6.07, 6.45) is 0. The van der Waals surface area contributed by atoms with Crippen LogP contribution < -0.4 is 0 Å². The number of halogens is 1. The molecule has 0 amide bonds. The summed E-state index contributed by atoms with van der Waals surface area (Å²) in [7, 11) is 0. The smallest absolute Gasteiger partial charge is 0.103 e. The molecule has 0 aliphatic heterocycles. The van der Waals surface area contributed by atoms with Crippen LogP contribution in [0.5, 0.6) is 0 Å². The van der Waals surface area contributed by atoms with Gasteiger partial charge in [-0.1, -0.05) is 17.7 Å². The van der Waals surface area contributed by atoms with Gasteiger partial charge in [-0.25, -0.2) is 4.98 Å². The summed E-state index contributed by atoms with van der Waals surface area (Å²) in [6, 6.07) is 8.56. The van der Waals surface area contributed by atoms with Crippen molar-refractivity contribution in [2.45, 2.75) is 23.5 Å². The van der Waals surface area contributed by atoms with Crippen molar-refractivity contribution in [3.63, 3.8) is 0 Å². The molecule has 0 saturated heterocycles. The second-order valence-electron chi connectivity index (χ2n) is 3.47. The Morgan fingerprint density at radius 3 is 2.69 bits per heavy atom. The van der Waals surface area contributed by atoms with Gasteiger partial charge in [0.1, 0.15) is 5.01 Å². The zero-order valence-electron chi connectivity index (χ0n) is 8.94. The maximum absolute atomic E-state index is 5.71. The van der Waals surface area contributed by atoms with Gasteiger partial charge < -0.3 is 0 Å². The van der Waals surface area contributed by atoms with Crippen molar-refractivity contribution in [1.82, 2.24) is 4.98 Å². The van der Waals surface area contributed by atoms with Gasteiger partial charge in [0.25, 0.3) is 0 Å². The lowest BCUT2D eigenvalue weighted by atomic mass is 10.2. The summed E-state index contributed by atoms with van der Waals surface area (Å²) in [6.45, 7) is 2.10. The van der Waals surface area contributed by atoms with Crippen molar-refractivity contribution in [3.8, 4) is 0 Å². The van der Waals surface area contributed by atoms with Crippen LogP contribution in [-0.2, 0) is 11.6 Å². The number of aromatic nitrogens is 1. The highest BCUT2D eigenvalue weighted by atomic mass is 35.5. The van der Waals surface area contributed by atoms with E-state index in [1.54, 1.807) is 11.3 Å². The Labute approximate surface area is 109 Å². The Bertz CT molecular complexity index is 450. The van der Waals surface area contributed by atoms with Crippen LogP contribution in [0.4, 0.5) is 0 Å². The average molecular weight is 270 g/mol. The molecule has 0 bridgehead atoms. The number of alkyl halides is 1. The number of aryl methyl sites for hydroxylation is 1. The van der Waals surface area contributed by atoms with Gasteiger partial charge in [-0.05, 0) is 19.1 Å². The van der Waals surface area contributed by atoms with Gasteiger partial charge in [0.2, 0.25) is 0 Å². The van der Waals surface area contributed by atoms with Gasteiger partial charge in [0.15, 0.2) is 0 Å². The van der Waals surface area contributed by atoms with Crippen LogP contribution in [0.1, 0.15) is 16.3 Å². The fourth-order valence-corrected chi connectivity index (χ4v) is 3.19.